The lowest BCUT2D eigenvalue weighted by molar-refractivity contribution is 0.523. The number of nitrogens with zero attached hydrogens (tertiary/aromatic N) is 3. The van der Waals surface area contributed by atoms with E-state index in [-0.39, 0.29) is 6.04 Å². The molecule has 0 bridgehead atoms. The van der Waals surface area contributed by atoms with E-state index in [1.54, 1.807) is 6.20 Å². The van der Waals surface area contributed by atoms with E-state index in [1.807, 2.05) is 29.8 Å². The summed E-state index contributed by atoms with van der Waals surface area (Å²) in [4.78, 5) is 4.34. The van der Waals surface area contributed by atoms with Crippen molar-refractivity contribution in [3.05, 3.63) is 46.5 Å². The Morgan fingerprint density at radius 1 is 1.42 bits per heavy atom. The smallest absolute Gasteiger partial charge is 0.0860 e. The summed E-state index contributed by atoms with van der Waals surface area (Å²) >= 11 is 6.28. The van der Waals surface area contributed by atoms with Gasteiger partial charge in [-0.15, -0.1) is 0 Å². The predicted octanol–water partition coefficient (Wildman–Crippen LogP) is 3.11. The number of aryl methyl sites for hydroxylation is 2. The van der Waals surface area contributed by atoms with Crippen molar-refractivity contribution < 1.29 is 0 Å². The zero-order valence-electron chi connectivity index (χ0n) is 11.5. The van der Waals surface area contributed by atoms with E-state index in [4.69, 9.17) is 11.6 Å². The first-order valence-electron chi connectivity index (χ1n) is 6.49. The van der Waals surface area contributed by atoms with Crippen molar-refractivity contribution in [2.45, 2.75) is 39.9 Å². The molecule has 102 valence electrons. The fourth-order valence-corrected chi connectivity index (χ4v) is 2.23. The second-order valence-electron chi connectivity index (χ2n) is 4.52. The van der Waals surface area contributed by atoms with Crippen LogP contribution in [0.3, 0.4) is 0 Å². The maximum atomic E-state index is 6.28. The summed E-state index contributed by atoms with van der Waals surface area (Å²) < 4.78 is 1.94. The fourth-order valence-electron chi connectivity index (χ4n) is 2.02. The Hall–Kier alpha value is -1.39. The van der Waals surface area contributed by atoms with Crippen LogP contribution in [-0.2, 0) is 13.1 Å². The topological polar surface area (TPSA) is 42.7 Å². The molecule has 0 amide bonds. The first-order chi connectivity index (χ1) is 9.13. The molecule has 0 aliphatic heterocycles. The summed E-state index contributed by atoms with van der Waals surface area (Å²) in [7, 11) is 0. The molecule has 0 aliphatic carbocycles. The van der Waals surface area contributed by atoms with Gasteiger partial charge in [0.05, 0.1) is 22.1 Å². The molecule has 2 aromatic heterocycles. The quantitative estimate of drug-likeness (QED) is 0.914. The fraction of sp³-hybridized carbons (Fsp3) is 0.429. The number of nitrogens with one attached hydrogen (secondary N) is 1. The molecular formula is C14H19ClN4. The Bertz CT molecular complexity index is 536. The van der Waals surface area contributed by atoms with Crippen LogP contribution in [0.4, 0.5) is 0 Å². The molecule has 2 aromatic rings. The van der Waals surface area contributed by atoms with Crippen molar-refractivity contribution in [3.8, 4) is 0 Å². The Balaban J connectivity index is 2.07. The second kappa shape index (κ2) is 6.17. The third-order valence-electron chi connectivity index (χ3n) is 3.16. The highest BCUT2D eigenvalue weighted by atomic mass is 35.5. The highest BCUT2D eigenvalue weighted by Crippen LogP contribution is 2.21. The first-order valence-corrected chi connectivity index (χ1v) is 6.87. The molecule has 1 N–H and O–H groups in total. The van der Waals surface area contributed by atoms with Gasteiger partial charge in [-0.05, 0) is 32.9 Å². The van der Waals surface area contributed by atoms with Crippen molar-refractivity contribution in [3.63, 3.8) is 0 Å². The van der Waals surface area contributed by atoms with E-state index in [0.717, 1.165) is 28.6 Å². The zero-order valence-corrected chi connectivity index (χ0v) is 12.3. The van der Waals surface area contributed by atoms with E-state index in [0.29, 0.717) is 6.54 Å². The molecule has 1 unspecified atom stereocenters. The summed E-state index contributed by atoms with van der Waals surface area (Å²) in [6, 6.07) is 6.11. The Kier molecular flexibility index (Phi) is 4.56. The summed E-state index contributed by atoms with van der Waals surface area (Å²) in [5.74, 6) is 0. The Morgan fingerprint density at radius 3 is 2.84 bits per heavy atom. The molecule has 0 saturated carbocycles. The average molecular weight is 279 g/mol. The van der Waals surface area contributed by atoms with Gasteiger partial charge in [-0.25, -0.2) is 0 Å². The lowest BCUT2D eigenvalue weighted by Crippen LogP contribution is -2.21. The number of hydrogen-bond donors (Lipinski definition) is 1. The maximum Gasteiger partial charge on any atom is 0.0860 e. The molecule has 0 saturated heterocycles. The summed E-state index contributed by atoms with van der Waals surface area (Å²) in [5.41, 5.74) is 2.94. The predicted molar refractivity (Wildman–Crippen MR) is 77.1 cm³/mol. The average Bonchev–Trinajstić information content (AvgIpc) is 2.72. The third kappa shape index (κ3) is 3.14. The van der Waals surface area contributed by atoms with Crippen LogP contribution in [-0.4, -0.2) is 14.8 Å². The zero-order chi connectivity index (χ0) is 13.8. The normalized spacial score (nSPS) is 12.6. The van der Waals surface area contributed by atoms with Crippen LogP contribution in [0.25, 0.3) is 0 Å². The highest BCUT2D eigenvalue weighted by molar-refractivity contribution is 6.31. The van der Waals surface area contributed by atoms with Gasteiger partial charge in [0.15, 0.2) is 0 Å². The molecule has 0 spiro atoms. The minimum absolute atomic E-state index is 0.178. The minimum Gasteiger partial charge on any atom is -0.303 e. The van der Waals surface area contributed by atoms with Gasteiger partial charge in [-0.2, -0.15) is 5.10 Å². The van der Waals surface area contributed by atoms with Crippen LogP contribution < -0.4 is 5.32 Å². The lowest BCUT2D eigenvalue weighted by atomic mass is 10.2. The van der Waals surface area contributed by atoms with E-state index in [9.17, 15) is 0 Å². The Morgan fingerprint density at radius 2 is 2.21 bits per heavy atom. The van der Waals surface area contributed by atoms with Crippen LogP contribution in [0.2, 0.25) is 5.02 Å². The summed E-state index contributed by atoms with van der Waals surface area (Å²) in [6.45, 7) is 7.60. The second-order valence-corrected chi connectivity index (χ2v) is 4.90. The van der Waals surface area contributed by atoms with Crippen LogP contribution in [0.15, 0.2) is 24.4 Å². The maximum absolute atomic E-state index is 6.28. The number of hydrogen-bond acceptors (Lipinski definition) is 3. The lowest BCUT2D eigenvalue weighted by Gasteiger charge is -2.14. The van der Waals surface area contributed by atoms with Gasteiger partial charge < -0.3 is 5.32 Å². The third-order valence-corrected chi connectivity index (χ3v) is 3.65. The van der Waals surface area contributed by atoms with E-state index in [1.165, 1.54) is 0 Å². The number of rotatable bonds is 5. The van der Waals surface area contributed by atoms with Crippen molar-refractivity contribution >= 4 is 11.6 Å². The number of pyridine rings is 1. The molecule has 1 atom stereocenters. The number of aromatic nitrogens is 3. The van der Waals surface area contributed by atoms with Gasteiger partial charge in [0.2, 0.25) is 0 Å². The van der Waals surface area contributed by atoms with E-state index >= 15 is 0 Å². The van der Waals surface area contributed by atoms with Crippen molar-refractivity contribution in [1.29, 1.82) is 0 Å². The summed E-state index contributed by atoms with van der Waals surface area (Å²) in [6.07, 6.45) is 1.81. The van der Waals surface area contributed by atoms with Gasteiger partial charge >= 0.3 is 0 Å². The van der Waals surface area contributed by atoms with Crippen molar-refractivity contribution in [1.82, 2.24) is 20.1 Å². The Labute approximate surface area is 118 Å². The van der Waals surface area contributed by atoms with Crippen LogP contribution in [0.5, 0.6) is 0 Å². The first kappa shape index (κ1) is 14.0. The molecule has 0 aliphatic rings. The van der Waals surface area contributed by atoms with Gasteiger partial charge in [0.1, 0.15) is 0 Å². The monoisotopic (exact) mass is 278 g/mol. The van der Waals surface area contributed by atoms with Crippen LogP contribution in [0.1, 0.15) is 37.0 Å². The minimum atomic E-state index is 0.178. The molecule has 0 fully saturated rings. The standard InChI is InChI=1S/C14H19ClN4/c1-4-19-13(14(15)11(3)18-19)9-17-10(2)12-7-5-6-8-16-12/h5-8,10,17H,4,9H2,1-3H3. The number of halogens is 1. The van der Waals surface area contributed by atoms with Gasteiger partial charge in [-0.1, -0.05) is 17.7 Å². The van der Waals surface area contributed by atoms with Crippen LogP contribution >= 0.6 is 11.6 Å². The molecule has 5 heteroatoms. The largest absolute Gasteiger partial charge is 0.303 e. The SMILES string of the molecule is CCn1nc(C)c(Cl)c1CNC(C)c1ccccn1. The van der Waals surface area contributed by atoms with Crippen LogP contribution in [0, 0.1) is 6.92 Å². The van der Waals surface area contributed by atoms with Crippen molar-refractivity contribution in [2.24, 2.45) is 0 Å². The van der Waals surface area contributed by atoms with Crippen molar-refractivity contribution in [2.75, 3.05) is 0 Å². The van der Waals surface area contributed by atoms with Gasteiger partial charge in [0, 0.05) is 25.3 Å². The molecular weight excluding hydrogens is 260 g/mol. The molecule has 4 nitrogen and oxygen atoms in total. The molecule has 2 rings (SSSR count). The van der Waals surface area contributed by atoms with Gasteiger partial charge in [0.25, 0.3) is 0 Å². The molecule has 0 aromatic carbocycles. The summed E-state index contributed by atoms with van der Waals surface area (Å²) in [5, 5.41) is 8.60. The van der Waals surface area contributed by atoms with Gasteiger partial charge in [-0.3, -0.25) is 9.67 Å². The molecule has 2 heterocycles. The highest BCUT2D eigenvalue weighted by Gasteiger charge is 2.14. The van der Waals surface area contributed by atoms with E-state index in [2.05, 4.69) is 29.2 Å². The molecule has 0 radical (unpaired) electrons. The molecule has 19 heavy (non-hydrogen) atoms. The van der Waals surface area contributed by atoms with E-state index < -0.39 is 0 Å².